The van der Waals surface area contributed by atoms with Crippen molar-refractivity contribution < 1.29 is 9.53 Å². The van der Waals surface area contributed by atoms with Gasteiger partial charge in [0, 0.05) is 18.3 Å². The van der Waals surface area contributed by atoms with Gasteiger partial charge in [-0.1, -0.05) is 6.92 Å². The van der Waals surface area contributed by atoms with Crippen molar-refractivity contribution in [2.45, 2.75) is 19.4 Å². The highest BCUT2D eigenvalue weighted by atomic mass is 35.5. The zero-order valence-corrected chi connectivity index (χ0v) is 8.97. The van der Waals surface area contributed by atoms with Crippen LogP contribution in [0.15, 0.2) is 0 Å². The first-order chi connectivity index (χ1) is 5.99. The molecule has 1 unspecified atom stereocenters. The lowest BCUT2D eigenvalue weighted by Gasteiger charge is -2.30. The molecule has 1 aliphatic rings. The third-order valence-corrected chi connectivity index (χ3v) is 2.84. The van der Waals surface area contributed by atoms with Crippen molar-refractivity contribution in [3.8, 4) is 0 Å². The maximum Gasteiger partial charge on any atom is 0.425 e. The van der Waals surface area contributed by atoms with Gasteiger partial charge < -0.3 is 9.64 Å². The fraction of sp³-hybridized carbons (Fsp3) is 0.875. The van der Waals surface area contributed by atoms with E-state index in [0.29, 0.717) is 6.61 Å². The summed E-state index contributed by atoms with van der Waals surface area (Å²) in [5, 5.41) is 0. The van der Waals surface area contributed by atoms with Gasteiger partial charge in [0.05, 0.1) is 0 Å². The van der Waals surface area contributed by atoms with Gasteiger partial charge in [-0.05, 0) is 20.5 Å². The van der Waals surface area contributed by atoms with Crippen LogP contribution in [0.3, 0.4) is 0 Å². The summed E-state index contributed by atoms with van der Waals surface area (Å²) >= 11 is 5.80. The molecule has 0 aliphatic carbocycles. The SMILES string of the molecule is CCN(C)CC1(C)COC(=O)N1Cl. The van der Waals surface area contributed by atoms with E-state index in [2.05, 4.69) is 11.8 Å². The van der Waals surface area contributed by atoms with Crippen LogP contribution >= 0.6 is 11.8 Å². The van der Waals surface area contributed by atoms with E-state index in [0.717, 1.165) is 17.5 Å². The number of cyclic esters (lactones) is 1. The van der Waals surface area contributed by atoms with Crippen LogP contribution in [0.1, 0.15) is 13.8 Å². The summed E-state index contributed by atoms with van der Waals surface area (Å²) in [4.78, 5) is 13.1. The fourth-order valence-corrected chi connectivity index (χ4v) is 1.50. The molecule has 4 nitrogen and oxygen atoms in total. The molecule has 1 fully saturated rings. The topological polar surface area (TPSA) is 32.8 Å². The van der Waals surface area contributed by atoms with E-state index in [-0.39, 0.29) is 0 Å². The minimum Gasteiger partial charge on any atom is -0.446 e. The summed E-state index contributed by atoms with van der Waals surface area (Å²) in [6, 6.07) is 0. The molecule has 0 aromatic heterocycles. The van der Waals surface area contributed by atoms with Crippen molar-refractivity contribution in [1.29, 1.82) is 0 Å². The van der Waals surface area contributed by atoms with Gasteiger partial charge in [0.25, 0.3) is 0 Å². The van der Waals surface area contributed by atoms with Crippen LogP contribution in [-0.4, -0.2) is 47.7 Å². The molecule has 0 radical (unpaired) electrons. The zero-order chi connectivity index (χ0) is 10.1. The van der Waals surface area contributed by atoms with E-state index in [1.807, 2.05) is 14.0 Å². The predicted octanol–water partition coefficient (Wildman–Crippen LogP) is 1.30. The molecule has 0 aromatic carbocycles. The Balaban J connectivity index is 2.61. The van der Waals surface area contributed by atoms with Crippen LogP contribution in [0.25, 0.3) is 0 Å². The molecule has 0 aromatic rings. The Kier molecular flexibility index (Phi) is 3.03. The molecule has 1 heterocycles. The van der Waals surface area contributed by atoms with Gasteiger partial charge in [-0.25, -0.2) is 9.21 Å². The monoisotopic (exact) mass is 206 g/mol. The Morgan fingerprint density at radius 1 is 1.77 bits per heavy atom. The molecule has 76 valence electrons. The first-order valence-electron chi connectivity index (χ1n) is 4.31. The van der Waals surface area contributed by atoms with Crippen molar-refractivity contribution in [3.05, 3.63) is 0 Å². The standard InChI is InChI=1S/C8H15ClN2O2/c1-4-10(3)5-8(2)6-13-7(12)11(8)9/h4-6H2,1-3H3. The number of hydrogen-bond acceptors (Lipinski definition) is 3. The Morgan fingerprint density at radius 2 is 2.38 bits per heavy atom. The number of nitrogens with zero attached hydrogens (tertiary/aromatic N) is 2. The summed E-state index contributed by atoms with van der Waals surface area (Å²) in [5.41, 5.74) is -0.399. The first-order valence-corrected chi connectivity index (χ1v) is 4.65. The van der Waals surface area contributed by atoms with E-state index in [9.17, 15) is 4.79 Å². The van der Waals surface area contributed by atoms with Gasteiger partial charge in [0.15, 0.2) is 0 Å². The van der Waals surface area contributed by atoms with E-state index in [4.69, 9.17) is 16.5 Å². The van der Waals surface area contributed by atoms with Crippen LogP contribution in [0.5, 0.6) is 0 Å². The molecular weight excluding hydrogens is 192 g/mol. The zero-order valence-electron chi connectivity index (χ0n) is 8.21. The van der Waals surface area contributed by atoms with Crippen LogP contribution in [0.4, 0.5) is 4.79 Å². The van der Waals surface area contributed by atoms with Crippen molar-refractivity contribution in [3.63, 3.8) is 0 Å². The van der Waals surface area contributed by atoms with E-state index in [1.54, 1.807) is 0 Å². The second-order valence-corrected chi connectivity index (χ2v) is 4.00. The second-order valence-electron chi connectivity index (χ2n) is 3.66. The smallest absolute Gasteiger partial charge is 0.425 e. The molecule has 0 saturated carbocycles. The number of hydrogen-bond donors (Lipinski definition) is 0. The number of likely N-dealkylation sites (N-methyl/N-ethyl adjacent to an activating group) is 1. The van der Waals surface area contributed by atoms with Gasteiger partial charge in [0.1, 0.15) is 12.1 Å². The summed E-state index contributed by atoms with van der Waals surface area (Å²) < 4.78 is 6.01. The molecule has 13 heavy (non-hydrogen) atoms. The third kappa shape index (κ3) is 2.06. The molecule has 0 spiro atoms. The average Bonchev–Trinajstić information content (AvgIpc) is 2.34. The summed E-state index contributed by atoms with van der Waals surface area (Å²) in [6.07, 6.45) is -0.450. The van der Waals surface area contributed by atoms with Gasteiger partial charge in [-0.3, -0.25) is 0 Å². The molecular formula is C8H15ClN2O2. The minimum atomic E-state index is -0.450. The molecule has 1 amide bonds. The predicted molar refractivity (Wildman–Crippen MR) is 50.6 cm³/mol. The van der Waals surface area contributed by atoms with Crippen molar-refractivity contribution in [2.75, 3.05) is 26.7 Å². The largest absolute Gasteiger partial charge is 0.446 e. The first kappa shape index (κ1) is 10.6. The van der Waals surface area contributed by atoms with E-state index < -0.39 is 11.6 Å². The normalized spacial score (nSPS) is 28.4. The van der Waals surface area contributed by atoms with Crippen LogP contribution < -0.4 is 0 Å². The number of carbonyl (C=O) groups is 1. The van der Waals surface area contributed by atoms with Gasteiger partial charge in [0.2, 0.25) is 0 Å². The van der Waals surface area contributed by atoms with Gasteiger partial charge >= 0.3 is 6.09 Å². The molecule has 5 heteroatoms. The molecule has 1 rings (SSSR count). The lowest BCUT2D eigenvalue weighted by molar-refractivity contribution is 0.167. The fourth-order valence-electron chi connectivity index (χ4n) is 1.35. The van der Waals surface area contributed by atoms with Gasteiger partial charge in [-0.2, -0.15) is 0 Å². The summed E-state index contributed by atoms with van der Waals surface area (Å²) in [6.45, 7) is 5.98. The molecule has 0 N–H and O–H groups in total. The Hall–Kier alpha value is -0.480. The minimum absolute atomic E-state index is 0.361. The molecule has 1 saturated heterocycles. The Morgan fingerprint density at radius 3 is 2.77 bits per heavy atom. The number of amides is 1. The lowest BCUT2D eigenvalue weighted by atomic mass is 10.0. The number of halogens is 1. The maximum atomic E-state index is 11.0. The van der Waals surface area contributed by atoms with Gasteiger partial charge in [-0.15, -0.1) is 0 Å². The highest BCUT2D eigenvalue weighted by Crippen LogP contribution is 2.26. The number of rotatable bonds is 3. The highest BCUT2D eigenvalue weighted by molar-refractivity contribution is 6.21. The molecule has 1 atom stereocenters. The van der Waals surface area contributed by atoms with Crippen LogP contribution in [-0.2, 0) is 4.74 Å². The quantitative estimate of drug-likeness (QED) is 0.653. The Bertz CT molecular complexity index is 212. The molecule has 0 bridgehead atoms. The molecule has 1 aliphatic heterocycles. The van der Waals surface area contributed by atoms with Crippen molar-refractivity contribution >= 4 is 17.9 Å². The summed E-state index contributed by atoms with van der Waals surface area (Å²) in [5.74, 6) is 0. The average molecular weight is 207 g/mol. The van der Waals surface area contributed by atoms with Crippen LogP contribution in [0, 0.1) is 0 Å². The van der Waals surface area contributed by atoms with Crippen molar-refractivity contribution in [1.82, 2.24) is 9.32 Å². The Labute approximate surface area is 83.5 Å². The lowest BCUT2D eigenvalue weighted by Crippen LogP contribution is -2.47. The number of carbonyl (C=O) groups excluding carboxylic acids is 1. The highest BCUT2D eigenvalue weighted by Gasteiger charge is 2.43. The third-order valence-electron chi connectivity index (χ3n) is 2.29. The number of ether oxygens (including phenoxy) is 1. The van der Waals surface area contributed by atoms with Crippen molar-refractivity contribution in [2.24, 2.45) is 0 Å². The van der Waals surface area contributed by atoms with E-state index >= 15 is 0 Å². The summed E-state index contributed by atoms with van der Waals surface area (Å²) in [7, 11) is 1.98. The van der Waals surface area contributed by atoms with E-state index in [1.165, 1.54) is 0 Å². The maximum absolute atomic E-state index is 11.0. The second kappa shape index (κ2) is 3.72. The van der Waals surface area contributed by atoms with Crippen LogP contribution in [0.2, 0.25) is 0 Å².